The van der Waals surface area contributed by atoms with E-state index in [2.05, 4.69) is 19.9 Å². The summed E-state index contributed by atoms with van der Waals surface area (Å²) in [4.78, 5) is 14.5. The Kier molecular flexibility index (Phi) is 6.66. The summed E-state index contributed by atoms with van der Waals surface area (Å²) in [6, 6.07) is 11.6. The van der Waals surface area contributed by atoms with E-state index in [0.29, 0.717) is 12.2 Å². The van der Waals surface area contributed by atoms with Crippen LogP contribution >= 0.6 is 11.3 Å². The van der Waals surface area contributed by atoms with E-state index in [0.717, 1.165) is 19.3 Å². The smallest absolute Gasteiger partial charge is 0.311 e. The number of esters is 1. The van der Waals surface area contributed by atoms with Crippen LogP contribution in [0.4, 0.5) is 0 Å². The minimum atomic E-state index is -0.129. The Hall–Kier alpha value is -1.61. The maximum absolute atomic E-state index is 11.7. The zero-order valence-electron chi connectivity index (χ0n) is 13.4. The number of para-hydroxylation sites is 1. The van der Waals surface area contributed by atoms with Gasteiger partial charge in [-0.15, -0.1) is 11.3 Å². The molecular formula is C19H24O2S. The van der Waals surface area contributed by atoms with Crippen LogP contribution < -0.4 is 4.74 Å². The zero-order chi connectivity index (χ0) is 15.8. The number of benzene rings is 1. The Balaban J connectivity index is 1.56. The van der Waals surface area contributed by atoms with E-state index < -0.39 is 0 Å². The van der Waals surface area contributed by atoms with Gasteiger partial charge in [-0.3, -0.25) is 4.79 Å². The molecule has 0 spiro atoms. The van der Waals surface area contributed by atoms with Crippen LogP contribution in [0.2, 0.25) is 0 Å². The minimum absolute atomic E-state index is 0.129. The average Bonchev–Trinajstić information content (AvgIpc) is 2.81. The fourth-order valence-electron chi connectivity index (χ4n) is 2.54. The van der Waals surface area contributed by atoms with E-state index in [1.807, 2.05) is 41.7 Å². The largest absolute Gasteiger partial charge is 0.427 e. The van der Waals surface area contributed by atoms with Gasteiger partial charge in [-0.1, -0.05) is 31.0 Å². The van der Waals surface area contributed by atoms with Gasteiger partial charge < -0.3 is 4.74 Å². The minimum Gasteiger partial charge on any atom is -0.427 e. The Labute approximate surface area is 137 Å². The molecule has 0 N–H and O–H groups in total. The topological polar surface area (TPSA) is 26.3 Å². The predicted molar refractivity (Wildman–Crippen MR) is 92.7 cm³/mol. The normalized spacial score (nSPS) is 10.6. The molecule has 0 amide bonds. The van der Waals surface area contributed by atoms with Gasteiger partial charge in [0, 0.05) is 16.2 Å². The molecule has 3 heteroatoms. The van der Waals surface area contributed by atoms with E-state index in [-0.39, 0.29) is 5.97 Å². The number of rotatable bonds is 8. The van der Waals surface area contributed by atoms with Crippen molar-refractivity contribution in [1.82, 2.24) is 0 Å². The van der Waals surface area contributed by atoms with Crippen molar-refractivity contribution >= 4 is 17.3 Å². The number of hydrogen-bond donors (Lipinski definition) is 0. The first kappa shape index (κ1) is 16.8. The number of aryl methyl sites for hydroxylation is 3. The van der Waals surface area contributed by atoms with Gasteiger partial charge in [0.05, 0.1) is 0 Å². The van der Waals surface area contributed by atoms with E-state index in [1.165, 1.54) is 28.2 Å². The van der Waals surface area contributed by atoms with Gasteiger partial charge >= 0.3 is 5.97 Å². The predicted octanol–water partition coefficient (Wildman–Crippen LogP) is 5.46. The molecule has 0 fully saturated rings. The standard InChI is InChI=1S/C19H24O2S/c1-15-14-17(16(2)22-15)10-6-3-4-9-13-19(20)21-18-11-7-5-8-12-18/h5,7-8,11-12,14H,3-4,6,9-10,13H2,1-2H3. The molecule has 1 aromatic heterocycles. The molecule has 22 heavy (non-hydrogen) atoms. The number of unbranched alkanes of at least 4 members (excludes halogenated alkanes) is 3. The van der Waals surface area contributed by atoms with Gasteiger partial charge in [-0.25, -0.2) is 0 Å². The van der Waals surface area contributed by atoms with E-state index >= 15 is 0 Å². The highest BCUT2D eigenvalue weighted by Crippen LogP contribution is 2.22. The maximum atomic E-state index is 11.7. The second-order valence-corrected chi connectivity index (χ2v) is 7.10. The fraction of sp³-hybridized carbons (Fsp3) is 0.421. The van der Waals surface area contributed by atoms with E-state index in [9.17, 15) is 4.79 Å². The van der Waals surface area contributed by atoms with Crippen molar-refractivity contribution in [3.05, 3.63) is 51.7 Å². The lowest BCUT2D eigenvalue weighted by atomic mass is 10.1. The van der Waals surface area contributed by atoms with Gasteiger partial charge in [0.2, 0.25) is 0 Å². The third kappa shape index (κ3) is 5.64. The lowest BCUT2D eigenvalue weighted by Crippen LogP contribution is -2.07. The third-order valence-electron chi connectivity index (χ3n) is 3.70. The summed E-state index contributed by atoms with van der Waals surface area (Å²) in [5.74, 6) is 0.506. The highest BCUT2D eigenvalue weighted by atomic mass is 32.1. The Morgan fingerprint density at radius 3 is 2.45 bits per heavy atom. The summed E-state index contributed by atoms with van der Waals surface area (Å²) in [5, 5.41) is 0. The van der Waals surface area contributed by atoms with Gasteiger partial charge in [-0.2, -0.15) is 0 Å². The lowest BCUT2D eigenvalue weighted by molar-refractivity contribution is -0.134. The van der Waals surface area contributed by atoms with Crippen LogP contribution in [0.3, 0.4) is 0 Å². The van der Waals surface area contributed by atoms with Crippen molar-refractivity contribution in [2.45, 2.75) is 52.4 Å². The molecule has 0 bridgehead atoms. The van der Waals surface area contributed by atoms with Crippen LogP contribution in [0.5, 0.6) is 5.75 Å². The highest BCUT2D eigenvalue weighted by molar-refractivity contribution is 7.12. The molecule has 0 aliphatic rings. The van der Waals surface area contributed by atoms with Crippen LogP contribution in [-0.4, -0.2) is 5.97 Å². The van der Waals surface area contributed by atoms with Crippen LogP contribution in [0.1, 0.15) is 47.4 Å². The monoisotopic (exact) mass is 316 g/mol. The lowest BCUT2D eigenvalue weighted by Gasteiger charge is -2.04. The van der Waals surface area contributed by atoms with Crippen molar-refractivity contribution in [3.8, 4) is 5.75 Å². The van der Waals surface area contributed by atoms with Crippen molar-refractivity contribution in [1.29, 1.82) is 0 Å². The van der Waals surface area contributed by atoms with Crippen LogP contribution in [0, 0.1) is 13.8 Å². The number of carbonyl (C=O) groups is 1. The van der Waals surface area contributed by atoms with Crippen molar-refractivity contribution in [2.75, 3.05) is 0 Å². The molecule has 0 aliphatic carbocycles. The Morgan fingerprint density at radius 2 is 1.77 bits per heavy atom. The average molecular weight is 316 g/mol. The van der Waals surface area contributed by atoms with E-state index in [4.69, 9.17) is 4.74 Å². The molecule has 0 saturated heterocycles. The molecule has 118 valence electrons. The van der Waals surface area contributed by atoms with E-state index in [1.54, 1.807) is 0 Å². The van der Waals surface area contributed by atoms with Crippen LogP contribution in [0.15, 0.2) is 36.4 Å². The van der Waals surface area contributed by atoms with Gasteiger partial charge in [-0.05, 0) is 56.9 Å². The highest BCUT2D eigenvalue weighted by Gasteiger charge is 2.05. The quantitative estimate of drug-likeness (QED) is 0.367. The molecule has 1 heterocycles. The maximum Gasteiger partial charge on any atom is 0.311 e. The fourth-order valence-corrected chi connectivity index (χ4v) is 3.52. The van der Waals surface area contributed by atoms with Crippen molar-refractivity contribution in [3.63, 3.8) is 0 Å². The van der Waals surface area contributed by atoms with Crippen molar-refractivity contribution in [2.24, 2.45) is 0 Å². The van der Waals surface area contributed by atoms with Crippen molar-refractivity contribution < 1.29 is 9.53 Å². The number of thiophene rings is 1. The second kappa shape index (κ2) is 8.74. The zero-order valence-corrected chi connectivity index (χ0v) is 14.2. The second-order valence-electron chi connectivity index (χ2n) is 5.64. The molecule has 0 atom stereocenters. The molecule has 0 saturated carbocycles. The molecule has 2 aromatic rings. The molecule has 0 unspecified atom stereocenters. The first-order valence-corrected chi connectivity index (χ1v) is 8.78. The summed E-state index contributed by atoms with van der Waals surface area (Å²) < 4.78 is 5.27. The summed E-state index contributed by atoms with van der Waals surface area (Å²) in [6.45, 7) is 4.37. The van der Waals surface area contributed by atoms with Crippen LogP contribution in [-0.2, 0) is 11.2 Å². The third-order valence-corrected chi connectivity index (χ3v) is 4.70. The molecule has 0 radical (unpaired) electrons. The van der Waals surface area contributed by atoms with Gasteiger partial charge in [0.1, 0.15) is 5.75 Å². The molecule has 2 nitrogen and oxygen atoms in total. The number of ether oxygens (including phenoxy) is 1. The molecule has 2 rings (SSSR count). The molecular weight excluding hydrogens is 292 g/mol. The van der Waals surface area contributed by atoms with Gasteiger partial charge in [0.15, 0.2) is 0 Å². The Morgan fingerprint density at radius 1 is 1.05 bits per heavy atom. The first-order chi connectivity index (χ1) is 10.6. The SMILES string of the molecule is Cc1cc(CCCCCCC(=O)Oc2ccccc2)c(C)s1. The molecule has 1 aromatic carbocycles. The van der Waals surface area contributed by atoms with Gasteiger partial charge in [0.25, 0.3) is 0 Å². The summed E-state index contributed by atoms with van der Waals surface area (Å²) in [7, 11) is 0. The van der Waals surface area contributed by atoms with Crippen LogP contribution in [0.25, 0.3) is 0 Å². The number of carbonyl (C=O) groups excluding carboxylic acids is 1. The summed E-state index contributed by atoms with van der Waals surface area (Å²) in [5.41, 5.74) is 1.49. The number of hydrogen-bond acceptors (Lipinski definition) is 3. The summed E-state index contributed by atoms with van der Waals surface area (Å²) >= 11 is 1.88. The molecule has 0 aliphatic heterocycles. The first-order valence-electron chi connectivity index (χ1n) is 7.97. The summed E-state index contributed by atoms with van der Waals surface area (Å²) in [6.07, 6.45) is 6.03. The Bertz CT molecular complexity index is 587.